The smallest absolute Gasteiger partial charge is 0.0948 e. The van der Waals surface area contributed by atoms with E-state index >= 15 is 0 Å². The number of hydrogen-bond acceptors (Lipinski definition) is 3. The van der Waals surface area contributed by atoms with Gasteiger partial charge in [-0.2, -0.15) is 0 Å². The van der Waals surface area contributed by atoms with Gasteiger partial charge in [0.15, 0.2) is 0 Å². The zero-order valence-electron chi connectivity index (χ0n) is 11.2. The van der Waals surface area contributed by atoms with Gasteiger partial charge in [0, 0.05) is 30.4 Å². The first kappa shape index (κ1) is 12.6. The molecular formula is C13H24N4. The molecule has 0 amide bonds. The average molecular weight is 236 g/mol. The summed E-state index contributed by atoms with van der Waals surface area (Å²) < 4.78 is 2.33. The number of nitrogens with zero attached hydrogens (tertiary/aromatic N) is 3. The summed E-state index contributed by atoms with van der Waals surface area (Å²) in [5.74, 6) is 0.688. The van der Waals surface area contributed by atoms with E-state index in [9.17, 15) is 0 Å². The lowest BCUT2D eigenvalue weighted by Gasteiger charge is -2.26. The van der Waals surface area contributed by atoms with Crippen LogP contribution < -0.4 is 5.32 Å². The topological polar surface area (TPSA) is 33.1 Å². The van der Waals surface area contributed by atoms with Crippen molar-refractivity contribution in [1.82, 2.24) is 19.8 Å². The fourth-order valence-electron chi connectivity index (χ4n) is 2.39. The van der Waals surface area contributed by atoms with Gasteiger partial charge in [0.05, 0.1) is 6.33 Å². The molecule has 96 valence electrons. The predicted molar refractivity (Wildman–Crippen MR) is 70.2 cm³/mol. The van der Waals surface area contributed by atoms with Crippen molar-refractivity contribution in [2.24, 2.45) is 0 Å². The summed E-state index contributed by atoms with van der Waals surface area (Å²) >= 11 is 0. The van der Waals surface area contributed by atoms with E-state index in [4.69, 9.17) is 0 Å². The fourth-order valence-corrected chi connectivity index (χ4v) is 2.39. The molecule has 1 aromatic heterocycles. The zero-order valence-corrected chi connectivity index (χ0v) is 11.2. The summed E-state index contributed by atoms with van der Waals surface area (Å²) in [5.41, 5.74) is 1.42. The van der Waals surface area contributed by atoms with Crippen molar-refractivity contribution in [2.45, 2.75) is 38.3 Å². The van der Waals surface area contributed by atoms with E-state index in [0.29, 0.717) is 12.0 Å². The maximum atomic E-state index is 4.33. The molecule has 1 saturated heterocycles. The number of aromatic nitrogens is 2. The maximum absolute atomic E-state index is 4.33. The second-order valence-electron chi connectivity index (χ2n) is 5.31. The number of likely N-dealkylation sites (N-methyl/N-ethyl adjacent to an activating group) is 1. The Morgan fingerprint density at radius 3 is 2.82 bits per heavy atom. The van der Waals surface area contributed by atoms with E-state index in [0.717, 1.165) is 19.6 Å². The maximum Gasteiger partial charge on any atom is 0.0948 e. The molecule has 0 saturated carbocycles. The number of rotatable bonds is 4. The molecule has 1 aliphatic heterocycles. The molecule has 1 aliphatic rings. The molecule has 2 rings (SSSR count). The summed E-state index contributed by atoms with van der Waals surface area (Å²) in [4.78, 5) is 6.59. The highest BCUT2D eigenvalue weighted by Crippen LogP contribution is 2.25. The van der Waals surface area contributed by atoms with Crippen LogP contribution in [0.15, 0.2) is 12.5 Å². The van der Waals surface area contributed by atoms with Crippen molar-refractivity contribution in [3.05, 3.63) is 18.2 Å². The largest absolute Gasteiger partial charge is 0.333 e. The predicted octanol–water partition coefficient (Wildman–Crippen LogP) is 1.30. The standard InChI is InChI=1S/C13H24N4/c1-11(16(2)3)9-17-10-15-8-13(17)12-4-6-14-7-5-12/h8,10-12,14H,4-7,9H2,1-3H3. The van der Waals surface area contributed by atoms with Crippen molar-refractivity contribution in [3.63, 3.8) is 0 Å². The molecule has 4 nitrogen and oxygen atoms in total. The Hall–Kier alpha value is -0.870. The van der Waals surface area contributed by atoms with Gasteiger partial charge < -0.3 is 14.8 Å². The van der Waals surface area contributed by atoms with Crippen molar-refractivity contribution in [2.75, 3.05) is 27.2 Å². The Morgan fingerprint density at radius 2 is 2.18 bits per heavy atom. The van der Waals surface area contributed by atoms with Crippen LogP contribution in [0.25, 0.3) is 0 Å². The van der Waals surface area contributed by atoms with Crippen LogP contribution >= 0.6 is 0 Å². The number of piperidine rings is 1. The zero-order chi connectivity index (χ0) is 12.3. The second-order valence-corrected chi connectivity index (χ2v) is 5.31. The van der Waals surface area contributed by atoms with Crippen LogP contribution in [0.5, 0.6) is 0 Å². The van der Waals surface area contributed by atoms with E-state index in [2.05, 4.69) is 47.0 Å². The van der Waals surface area contributed by atoms with Gasteiger partial charge in [-0.25, -0.2) is 4.98 Å². The summed E-state index contributed by atoms with van der Waals surface area (Å²) in [6, 6.07) is 0.546. The Labute approximate surface area is 104 Å². The van der Waals surface area contributed by atoms with E-state index < -0.39 is 0 Å². The highest BCUT2D eigenvalue weighted by atomic mass is 15.1. The molecular weight excluding hydrogens is 212 g/mol. The molecule has 4 heteroatoms. The minimum Gasteiger partial charge on any atom is -0.333 e. The third kappa shape index (κ3) is 3.07. The van der Waals surface area contributed by atoms with Crippen molar-refractivity contribution >= 4 is 0 Å². The van der Waals surface area contributed by atoms with E-state index in [-0.39, 0.29) is 0 Å². The first-order valence-corrected chi connectivity index (χ1v) is 6.55. The van der Waals surface area contributed by atoms with Crippen molar-refractivity contribution < 1.29 is 0 Å². The van der Waals surface area contributed by atoms with Gasteiger partial charge in [-0.3, -0.25) is 0 Å². The summed E-state index contributed by atoms with van der Waals surface area (Å²) in [5, 5.41) is 3.42. The van der Waals surface area contributed by atoms with Crippen LogP contribution in [0, 0.1) is 0 Å². The Kier molecular flexibility index (Phi) is 4.18. The fraction of sp³-hybridized carbons (Fsp3) is 0.769. The Morgan fingerprint density at radius 1 is 1.47 bits per heavy atom. The molecule has 17 heavy (non-hydrogen) atoms. The van der Waals surface area contributed by atoms with Crippen LogP contribution in [0.3, 0.4) is 0 Å². The summed E-state index contributed by atoms with van der Waals surface area (Å²) in [6.07, 6.45) is 6.51. The van der Waals surface area contributed by atoms with Gasteiger partial charge >= 0.3 is 0 Å². The molecule has 0 spiro atoms. The Bertz CT molecular complexity index is 339. The normalized spacial score (nSPS) is 19.8. The highest BCUT2D eigenvalue weighted by molar-refractivity contribution is 5.08. The van der Waals surface area contributed by atoms with Gasteiger partial charge in [0.1, 0.15) is 0 Å². The van der Waals surface area contributed by atoms with Gasteiger partial charge in [-0.1, -0.05) is 0 Å². The van der Waals surface area contributed by atoms with Crippen LogP contribution in [0.2, 0.25) is 0 Å². The number of hydrogen-bond donors (Lipinski definition) is 1. The first-order valence-electron chi connectivity index (χ1n) is 6.55. The van der Waals surface area contributed by atoms with Gasteiger partial charge in [-0.15, -0.1) is 0 Å². The SMILES string of the molecule is CC(Cn1cncc1C1CCNCC1)N(C)C. The van der Waals surface area contributed by atoms with Gasteiger partial charge in [0.2, 0.25) is 0 Å². The lowest BCUT2D eigenvalue weighted by atomic mass is 9.95. The average Bonchev–Trinajstić information content (AvgIpc) is 2.78. The van der Waals surface area contributed by atoms with Crippen LogP contribution in [-0.2, 0) is 6.54 Å². The van der Waals surface area contributed by atoms with Crippen LogP contribution in [0.4, 0.5) is 0 Å². The van der Waals surface area contributed by atoms with E-state index in [1.165, 1.54) is 18.5 Å². The molecule has 0 radical (unpaired) electrons. The molecule has 2 heterocycles. The van der Waals surface area contributed by atoms with Crippen LogP contribution in [-0.4, -0.2) is 47.7 Å². The highest BCUT2D eigenvalue weighted by Gasteiger charge is 2.19. The monoisotopic (exact) mass is 236 g/mol. The lowest BCUT2D eigenvalue weighted by molar-refractivity contribution is 0.279. The molecule has 1 N–H and O–H groups in total. The molecule has 1 atom stereocenters. The third-order valence-corrected chi connectivity index (χ3v) is 3.84. The van der Waals surface area contributed by atoms with Gasteiger partial charge in [-0.05, 0) is 47.0 Å². The van der Waals surface area contributed by atoms with Crippen LogP contribution in [0.1, 0.15) is 31.4 Å². The van der Waals surface area contributed by atoms with Crippen molar-refractivity contribution in [3.8, 4) is 0 Å². The third-order valence-electron chi connectivity index (χ3n) is 3.84. The first-order chi connectivity index (χ1) is 8.18. The number of nitrogens with one attached hydrogen (secondary N) is 1. The Balaban J connectivity index is 2.05. The molecule has 0 bridgehead atoms. The minimum atomic E-state index is 0.546. The second kappa shape index (κ2) is 5.65. The summed E-state index contributed by atoms with van der Waals surface area (Å²) in [7, 11) is 4.26. The quantitative estimate of drug-likeness (QED) is 0.855. The van der Waals surface area contributed by atoms with Crippen molar-refractivity contribution in [1.29, 1.82) is 0 Å². The molecule has 1 aromatic rings. The summed E-state index contributed by atoms with van der Waals surface area (Å²) in [6.45, 7) is 5.57. The lowest BCUT2D eigenvalue weighted by Crippen LogP contribution is -2.31. The van der Waals surface area contributed by atoms with E-state index in [1.807, 2.05) is 6.33 Å². The molecule has 0 aromatic carbocycles. The van der Waals surface area contributed by atoms with Gasteiger partial charge in [0.25, 0.3) is 0 Å². The number of imidazole rings is 1. The molecule has 0 aliphatic carbocycles. The van der Waals surface area contributed by atoms with E-state index in [1.54, 1.807) is 0 Å². The minimum absolute atomic E-state index is 0.546. The molecule has 1 fully saturated rings. The molecule has 1 unspecified atom stereocenters.